The lowest BCUT2D eigenvalue weighted by molar-refractivity contribution is -0.0512. The van der Waals surface area contributed by atoms with Gasteiger partial charge in [0.2, 0.25) is 0 Å². The van der Waals surface area contributed by atoms with Crippen LogP contribution in [0.25, 0.3) is 6.08 Å². The Bertz CT molecular complexity index is 724. The molecule has 120 valence electrons. The first-order valence-corrected chi connectivity index (χ1v) is 6.92. The van der Waals surface area contributed by atoms with E-state index in [0.717, 1.165) is 11.1 Å². The molecule has 0 N–H and O–H groups in total. The van der Waals surface area contributed by atoms with Crippen molar-refractivity contribution >= 4 is 11.9 Å². The molecule has 3 nitrogen and oxygen atoms in total. The summed E-state index contributed by atoms with van der Waals surface area (Å²) in [4.78, 5) is 12.2. The van der Waals surface area contributed by atoms with Gasteiger partial charge >= 0.3 is 6.61 Å². The first-order valence-electron chi connectivity index (χ1n) is 6.92. The highest BCUT2D eigenvalue weighted by atomic mass is 19.3. The molecular formula is C18H16F2O3. The minimum absolute atomic E-state index is 0.0837. The zero-order valence-electron chi connectivity index (χ0n) is 12.8. The lowest BCUT2D eigenvalue weighted by Crippen LogP contribution is -2.04. The van der Waals surface area contributed by atoms with Crippen LogP contribution in [0, 0.1) is 6.92 Å². The minimum atomic E-state index is -2.95. The number of rotatable bonds is 6. The van der Waals surface area contributed by atoms with Crippen molar-refractivity contribution in [1.29, 1.82) is 0 Å². The fraction of sp³-hybridized carbons (Fsp3) is 0.167. The van der Waals surface area contributed by atoms with Gasteiger partial charge in [-0.15, -0.1) is 0 Å². The van der Waals surface area contributed by atoms with E-state index in [1.54, 1.807) is 6.08 Å². The van der Waals surface area contributed by atoms with Gasteiger partial charge in [-0.25, -0.2) is 0 Å². The van der Waals surface area contributed by atoms with Gasteiger partial charge in [-0.3, -0.25) is 4.79 Å². The van der Waals surface area contributed by atoms with Gasteiger partial charge in [0.05, 0.1) is 7.11 Å². The number of aryl methyl sites for hydroxylation is 1. The molecule has 0 bridgehead atoms. The number of halogens is 2. The van der Waals surface area contributed by atoms with Crippen LogP contribution in [0.15, 0.2) is 48.5 Å². The molecule has 0 aliphatic rings. The highest BCUT2D eigenvalue weighted by Gasteiger charge is 2.13. The molecule has 0 spiro atoms. The van der Waals surface area contributed by atoms with Crippen molar-refractivity contribution in [2.75, 3.05) is 7.11 Å². The van der Waals surface area contributed by atoms with Gasteiger partial charge < -0.3 is 9.47 Å². The van der Waals surface area contributed by atoms with E-state index >= 15 is 0 Å². The standard InChI is InChI=1S/C18H16F2O3/c1-12-5-3-4-6-13(12)7-9-15(21)14-8-10-16(23-18(19)20)17(11-14)22-2/h3-11,18H,1-2H3/b9-7+. The molecule has 0 radical (unpaired) electrons. The van der Waals surface area contributed by atoms with Gasteiger partial charge in [-0.05, 0) is 42.3 Å². The van der Waals surface area contributed by atoms with Crippen LogP contribution in [-0.2, 0) is 0 Å². The Morgan fingerprint density at radius 3 is 2.52 bits per heavy atom. The van der Waals surface area contributed by atoms with Gasteiger partial charge in [-0.1, -0.05) is 30.3 Å². The molecular weight excluding hydrogens is 302 g/mol. The molecule has 0 aliphatic carbocycles. The van der Waals surface area contributed by atoms with Gasteiger partial charge in [0, 0.05) is 5.56 Å². The second kappa shape index (κ2) is 7.54. The van der Waals surface area contributed by atoms with Crippen molar-refractivity contribution in [3.05, 3.63) is 65.2 Å². The maximum absolute atomic E-state index is 12.3. The summed E-state index contributed by atoms with van der Waals surface area (Å²) >= 11 is 0. The van der Waals surface area contributed by atoms with Crippen molar-refractivity contribution in [3.8, 4) is 11.5 Å². The number of alkyl halides is 2. The van der Waals surface area contributed by atoms with E-state index in [2.05, 4.69) is 4.74 Å². The average Bonchev–Trinajstić information content (AvgIpc) is 2.53. The highest BCUT2D eigenvalue weighted by Crippen LogP contribution is 2.29. The largest absolute Gasteiger partial charge is 0.493 e. The van der Waals surface area contributed by atoms with Crippen molar-refractivity contribution in [3.63, 3.8) is 0 Å². The van der Waals surface area contributed by atoms with Crippen LogP contribution >= 0.6 is 0 Å². The Kier molecular flexibility index (Phi) is 5.46. The molecule has 0 aliphatic heterocycles. The third kappa shape index (κ3) is 4.39. The maximum Gasteiger partial charge on any atom is 0.387 e. The third-order valence-electron chi connectivity index (χ3n) is 3.27. The number of ether oxygens (including phenoxy) is 2. The lowest BCUT2D eigenvalue weighted by Gasteiger charge is -2.10. The summed E-state index contributed by atoms with van der Waals surface area (Å²) in [6.07, 6.45) is 3.15. The summed E-state index contributed by atoms with van der Waals surface area (Å²) in [5, 5.41) is 0. The zero-order valence-corrected chi connectivity index (χ0v) is 12.8. The van der Waals surface area contributed by atoms with E-state index in [9.17, 15) is 13.6 Å². The summed E-state index contributed by atoms with van der Waals surface area (Å²) in [6.45, 7) is -1.00. The normalized spacial score (nSPS) is 11.0. The average molecular weight is 318 g/mol. The van der Waals surface area contributed by atoms with E-state index in [1.807, 2.05) is 31.2 Å². The molecule has 2 rings (SSSR count). The molecule has 0 fully saturated rings. The van der Waals surface area contributed by atoms with Crippen LogP contribution in [0.4, 0.5) is 8.78 Å². The van der Waals surface area contributed by atoms with Gasteiger partial charge in [0.15, 0.2) is 17.3 Å². The monoisotopic (exact) mass is 318 g/mol. The van der Waals surface area contributed by atoms with Crippen LogP contribution in [-0.4, -0.2) is 19.5 Å². The number of hydrogen-bond donors (Lipinski definition) is 0. The third-order valence-corrected chi connectivity index (χ3v) is 3.27. The first kappa shape index (κ1) is 16.7. The Morgan fingerprint density at radius 1 is 1.13 bits per heavy atom. The van der Waals surface area contributed by atoms with Gasteiger partial charge in [0.25, 0.3) is 0 Å². The molecule has 0 saturated heterocycles. The number of benzene rings is 2. The molecule has 0 aromatic heterocycles. The van der Waals surface area contributed by atoms with Crippen LogP contribution in [0.2, 0.25) is 0 Å². The summed E-state index contributed by atoms with van der Waals surface area (Å²) in [7, 11) is 1.32. The summed E-state index contributed by atoms with van der Waals surface area (Å²) in [6, 6.07) is 11.7. The quantitative estimate of drug-likeness (QED) is 0.581. The number of allylic oxidation sites excluding steroid dienone is 1. The second-order valence-electron chi connectivity index (χ2n) is 4.80. The van der Waals surface area contributed by atoms with Crippen LogP contribution in [0.3, 0.4) is 0 Å². The number of methoxy groups -OCH3 is 1. The zero-order chi connectivity index (χ0) is 16.8. The van der Waals surface area contributed by atoms with Crippen molar-refractivity contribution in [1.82, 2.24) is 0 Å². The van der Waals surface area contributed by atoms with Crippen molar-refractivity contribution in [2.24, 2.45) is 0 Å². The van der Waals surface area contributed by atoms with E-state index < -0.39 is 6.61 Å². The van der Waals surface area contributed by atoms with Crippen LogP contribution in [0.5, 0.6) is 11.5 Å². The first-order chi connectivity index (χ1) is 11.0. The Hall–Kier alpha value is -2.69. The lowest BCUT2D eigenvalue weighted by atomic mass is 10.1. The van der Waals surface area contributed by atoms with Crippen LogP contribution in [0.1, 0.15) is 21.5 Å². The molecule has 23 heavy (non-hydrogen) atoms. The minimum Gasteiger partial charge on any atom is -0.493 e. The van der Waals surface area contributed by atoms with E-state index in [1.165, 1.54) is 31.4 Å². The Morgan fingerprint density at radius 2 is 1.87 bits per heavy atom. The maximum atomic E-state index is 12.3. The number of carbonyl (C=O) groups excluding carboxylic acids is 1. The molecule has 0 atom stereocenters. The van der Waals surface area contributed by atoms with Crippen LogP contribution < -0.4 is 9.47 Å². The number of hydrogen-bond acceptors (Lipinski definition) is 3. The number of ketones is 1. The molecule has 0 heterocycles. The molecule has 0 amide bonds. The molecule has 5 heteroatoms. The van der Waals surface area contributed by atoms with Gasteiger partial charge in [0.1, 0.15) is 0 Å². The smallest absolute Gasteiger partial charge is 0.387 e. The summed E-state index contributed by atoms with van der Waals surface area (Å²) in [5.74, 6) is -0.280. The molecule has 0 saturated carbocycles. The molecule has 2 aromatic carbocycles. The predicted octanol–water partition coefficient (Wildman–Crippen LogP) is 4.50. The topological polar surface area (TPSA) is 35.5 Å². The fourth-order valence-corrected chi connectivity index (χ4v) is 2.05. The SMILES string of the molecule is COc1cc(C(=O)/C=C/c2ccccc2C)ccc1OC(F)F. The molecule has 0 unspecified atom stereocenters. The number of carbonyl (C=O) groups is 1. The highest BCUT2D eigenvalue weighted by molar-refractivity contribution is 6.07. The van der Waals surface area contributed by atoms with Gasteiger partial charge in [-0.2, -0.15) is 8.78 Å². The van der Waals surface area contributed by atoms with Crippen molar-refractivity contribution in [2.45, 2.75) is 13.5 Å². The summed E-state index contributed by atoms with van der Waals surface area (Å²) < 4.78 is 33.9. The van der Waals surface area contributed by atoms with E-state index in [4.69, 9.17) is 4.74 Å². The molecule has 2 aromatic rings. The van der Waals surface area contributed by atoms with Crippen molar-refractivity contribution < 1.29 is 23.0 Å². The fourth-order valence-electron chi connectivity index (χ4n) is 2.05. The van der Waals surface area contributed by atoms with E-state index in [0.29, 0.717) is 5.56 Å². The van der Waals surface area contributed by atoms with E-state index in [-0.39, 0.29) is 17.3 Å². The second-order valence-corrected chi connectivity index (χ2v) is 4.80. The summed E-state index contributed by atoms with van der Waals surface area (Å²) in [5.41, 5.74) is 2.31. The Balaban J connectivity index is 2.21. The Labute approximate surface area is 133 Å². The predicted molar refractivity (Wildman–Crippen MR) is 84.2 cm³/mol.